The molecule has 0 spiro atoms. The number of fused-ring (bicyclic) bond motifs is 1. The summed E-state index contributed by atoms with van der Waals surface area (Å²) in [6.45, 7) is 3.39. The van der Waals surface area contributed by atoms with E-state index in [4.69, 9.17) is 11.2 Å². The van der Waals surface area contributed by atoms with E-state index < -0.39 is 17.6 Å². The molecule has 0 aliphatic carbocycles. The molecule has 0 atom stereocenters. The second-order valence-corrected chi connectivity index (χ2v) is 5.16. The molecule has 118 valence electrons. The molecule has 0 radical (unpaired) electrons. The maximum Gasteiger partial charge on any atom is 0.380 e. The summed E-state index contributed by atoms with van der Waals surface area (Å²) in [5, 5.41) is 0.0976. The molecule has 0 N–H and O–H groups in total. The first-order valence-electron chi connectivity index (χ1n) is 7.19. The fourth-order valence-electron chi connectivity index (χ4n) is 2.18. The van der Waals surface area contributed by atoms with Gasteiger partial charge in [-0.15, -0.1) is 12.3 Å². The molecule has 0 saturated carbocycles. The van der Waals surface area contributed by atoms with Crippen LogP contribution in [0.2, 0.25) is 0 Å². The molecule has 1 aromatic carbocycles. The van der Waals surface area contributed by atoms with Gasteiger partial charge in [-0.2, -0.15) is 0 Å². The molecule has 5 heteroatoms. The lowest BCUT2D eigenvalue weighted by atomic mass is 10.1. The number of nitrogens with zero attached hydrogens (tertiary/aromatic N) is 1. The van der Waals surface area contributed by atoms with Crippen LogP contribution in [0.3, 0.4) is 0 Å². The van der Waals surface area contributed by atoms with Gasteiger partial charge in [0.25, 0.3) is 0 Å². The van der Waals surface area contributed by atoms with E-state index in [2.05, 4.69) is 10.9 Å². The number of benzene rings is 1. The van der Waals surface area contributed by atoms with E-state index in [9.17, 15) is 14.0 Å². The molecule has 1 heterocycles. The minimum atomic E-state index is -1.01. The van der Waals surface area contributed by atoms with E-state index in [1.807, 2.05) is 0 Å². The Bertz CT molecular complexity index is 821. The lowest BCUT2D eigenvalue weighted by Crippen LogP contribution is -2.21. The molecule has 0 bridgehead atoms. The molecular weight excluding hydrogens is 297 g/mol. The normalized spacial score (nSPS) is 10.3. The zero-order valence-electron chi connectivity index (χ0n) is 13.0. The van der Waals surface area contributed by atoms with E-state index in [1.165, 1.54) is 12.1 Å². The molecule has 0 unspecified atom stereocenters. The maximum atomic E-state index is 14.1. The van der Waals surface area contributed by atoms with E-state index in [0.29, 0.717) is 29.6 Å². The van der Waals surface area contributed by atoms with Crippen LogP contribution in [0, 0.1) is 32.0 Å². The highest BCUT2D eigenvalue weighted by atomic mass is 19.1. The standard InChI is InChI=1S/C18H16FNO3/c1-4-5-6-10-15(21)18(22)23-17-11(2)12(3)20-14-9-7-8-13(19)16(14)17/h1,7-9H,5-6,10H2,2-3H3. The third-order valence-electron chi connectivity index (χ3n) is 3.54. The van der Waals surface area contributed by atoms with Gasteiger partial charge >= 0.3 is 5.97 Å². The number of rotatable bonds is 5. The van der Waals surface area contributed by atoms with E-state index >= 15 is 0 Å². The zero-order valence-corrected chi connectivity index (χ0v) is 13.0. The van der Waals surface area contributed by atoms with Gasteiger partial charge in [-0.05, 0) is 32.4 Å². The van der Waals surface area contributed by atoms with Crippen LogP contribution < -0.4 is 4.74 Å². The number of carbonyl (C=O) groups is 2. The number of halogens is 1. The number of carbonyl (C=O) groups excluding carboxylic acids is 2. The fraction of sp³-hybridized carbons (Fsp3) is 0.278. The van der Waals surface area contributed by atoms with E-state index in [-0.39, 0.29) is 17.6 Å². The lowest BCUT2D eigenvalue weighted by molar-refractivity contribution is -0.147. The summed E-state index contributed by atoms with van der Waals surface area (Å²) >= 11 is 0. The van der Waals surface area contributed by atoms with Gasteiger partial charge < -0.3 is 4.74 Å². The van der Waals surface area contributed by atoms with Crippen LogP contribution in [-0.4, -0.2) is 16.7 Å². The summed E-state index contributed by atoms with van der Waals surface area (Å²) in [5.74, 6) is 0.190. The molecule has 0 amide bonds. The van der Waals surface area contributed by atoms with Gasteiger partial charge in [-0.1, -0.05) is 6.07 Å². The molecule has 0 aliphatic heterocycles. The third-order valence-corrected chi connectivity index (χ3v) is 3.54. The smallest absolute Gasteiger partial charge is 0.380 e. The lowest BCUT2D eigenvalue weighted by Gasteiger charge is -2.12. The van der Waals surface area contributed by atoms with Crippen molar-refractivity contribution >= 4 is 22.7 Å². The van der Waals surface area contributed by atoms with Gasteiger partial charge in [0.2, 0.25) is 5.78 Å². The number of Topliss-reactive ketones (excluding diaryl/α,β-unsaturated/α-hetero) is 1. The molecule has 0 aliphatic rings. The topological polar surface area (TPSA) is 56.3 Å². The number of ether oxygens (including phenoxy) is 1. The number of aromatic nitrogens is 1. The number of pyridine rings is 1. The number of hydrogen-bond acceptors (Lipinski definition) is 4. The van der Waals surface area contributed by atoms with Crippen molar-refractivity contribution in [2.45, 2.75) is 33.1 Å². The van der Waals surface area contributed by atoms with E-state index in [0.717, 1.165) is 0 Å². The Kier molecular flexibility index (Phi) is 5.07. The quantitative estimate of drug-likeness (QED) is 0.368. The van der Waals surface area contributed by atoms with Gasteiger partial charge in [0.05, 0.1) is 10.9 Å². The second kappa shape index (κ2) is 7.01. The number of aryl methyl sites for hydroxylation is 1. The van der Waals surface area contributed by atoms with Crippen LogP contribution in [0.5, 0.6) is 5.75 Å². The average Bonchev–Trinajstić information content (AvgIpc) is 2.51. The van der Waals surface area contributed by atoms with Crippen molar-refractivity contribution in [3.8, 4) is 18.1 Å². The molecule has 4 nitrogen and oxygen atoms in total. The number of unbranched alkanes of at least 4 members (excludes halogenated alkanes) is 1. The van der Waals surface area contributed by atoms with Gasteiger partial charge in [0.15, 0.2) is 0 Å². The summed E-state index contributed by atoms with van der Waals surface area (Å²) in [6.07, 6.45) is 5.93. The summed E-state index contributed by atoms with van der Waals surface area (Å²) in [5.41, 5.74) is 1.49. The molecule has 23 heavy (non-hydrogen) atoms. The van der Waals surface area contributed by atoms with Crippen molar-refractivity contribution in [1.29, 1.82) is 0 Å². The van der Waals surface area contributed by atoms with E-state index in [1.54, 1.807) is 19.9 Å². The molecule has 0 fully saturated rings. The Morgan fingerprint density at radius 2 is 2.09 bits per heavy atom. The van der Waals surface area contributed by atoms with Gasteiger partial charge in [-0.3, -0.25) is 9.78 Å². The third kappa shape index (κ3) is 3.54. The zero-order chi connectivity index (χ0) is 17.0. The maximum absolute atomic E-state index is 14.1. The first kappa shape index (κ1) is 16.6. The highest BCUT2D eigenvalue weighted by Crippen LogP contribution is 2.32. The number of esters is 1. The summed E-state index contributed by atoms with van der Waals surface area (Å²) in [4.78, 5) is 28.0. The number of terminal acetylenes is 1. The molecule has 1 aromatic heterocycles. The van der Waals surface area contributed by atoms with Crippen molar-refractivity contribution in [2.75, 3.05) is 0 Å². The Morgan fingerprint density at radius 1 is 1.35 bits per heavy atom. The fourth-order valence-corrected chi connectivity index (χ4v) is 2.18. The average molecular weight is 313 g/mol. The SMILES string of the molecule is C#CCCCC(=O)C(=O)Oc1c(C)c(C)nc2cccc(F)c12. The Labute approximate surface area is 133 Å². The summed E-state index contributed by atoms with van der Waals surface area (Å²) < 4.78 is 19.3. The predicted molar refractivity (Wildman–Crippen MR) is 84.5 cm³/mol. The van der Waals surface area contributed by atoms with Crippen LogP contribution >= 0.6 is 0 Å². The largest absolute Gasteiger partial charge is 0.420 e. The molecule has 0 saturated heterocycles. The van der Waals surface area contributed by atoms with Crippen LogP contribution in [-0.2, 0) is 9.59 Å². The highest BCUT2D eigenvalue weighted by Gasteiger charge is 2.21. The first-order chi connectivity index (χ1) is 11.0. The molecule has 2 aromatic rings. The first-order valence-corrected chi connectivity index (χ1v) is 7.19. The van der Waals surface area contributed by atoms with Crippen LogP contribution in [0.1, 0.15) is 30.5 Å². The minimum absolute atomic E-state index is 0.00651. The van der Waals surface area contributed by atoms with Gasteiger partial charge in [-0.25, -0.2) is 9.18 Å². The summed E-state index contributed by atoms with van der Waals surface area (Å²) in [7, 11) is 0. The molecular formula is C18H16FNO3. The van der Waals surface area contributed by atoms with Gasteiger partial charge in [0, 0.05) is 24.1 Å². The van der Waals surface area contributed by atoms with Crippen molar-refractivity contribution in [3.63, 3.8) is 0 Å². The van der Waals surface area contributed by atoms with Crippen LogP contribution in [0.15, 0.2) is 18.2 Å². The van der Waals surface area contributed by atoms with Crippen LogP contribution in [0.4, 0.5) is 4.39 Å². The highest BCUT2D eigenvalue weighted by molar-refractivity contribution is 6.34. The Hall–Kier alpha value is -2.74. The Balaban J connectivity index is 2.36. The Morgan fingerprint density at radius 3 is 2.78 bits per heavy atom. The summed E-state index contributed by atoms with van der Waals surface area (Å²) in [6, 6.07) is 4.40. The number of ketones is 1. The van der Waals surface area contributed by atoms with Crippen LogP contribution in [0.25, 0.3) is 10.9 Å². The second-order valence-electron chi connectivity index (χ2n) is 5.16. The monoisotopic (exact) mass is 313 g/mol. The van der Waals surface area contributed by atoms with Gasteiger partial charge in [0.1, 0.15) is 11.6 Å². The minimum Gasteiger partial charge on any atom is -0.420 e. The molecule has 2 rings (SSSR count). The van der Waals surface area contributed by atoms with Crippen molar-refractivity contribution in [3.05, 3.63) is 35.3 Å². The van der Waals surface area contributed by atoms with Crippen molar-refractivity contribution in [2.24, 2.45) is 0 Å². The number of hydrogen-bond donors (Lipinski definition) is 0. The van der Waals surface area contributed by atoms with Crippen molar-refractivity contribution < 1.29 is 18.7 Å². The van der Waals surface area contributed by atoms with Crippen molar-refractivity contribution in [1.82, 2.24) is 4.98 Å². The predicted octanol–water partition coefficient (Wildman–Crippen LogP) is 3.27.